The first-order chi connectivity index (χ1) is 13.2. The maximum atomic E-state index is 12.6. The van der Waals surface area contributed by atoms with Gasteiger partial charge in [-0.1, -0.05) is 35.0 Å². The molecule has 28 heavy (non-hydrogen) atoms. The number of anilines is 1. The van der Waals surface area contributed by atoms with E-state index in [0.717, 1.165) is 11.1 Å². The lowest BCUT2D eigenvalue weighted by Crippen LogP contribution is -2.27. The third kappa shape index (κ3) is 4.62. The molecule has 1 atom stereocenters. The Balaban J connectivity index is 1.73. The number of sulfonamides is 1. The van der Waals surface area contributed by atoms with Gasteiger partial charge in [0.2, 0.25) is 27.6 Å². The molecule has 0 saturated carbocycles. The van der Waals surface area contributed by atoms with Crippen LogP contribution in [-0.4, -0.2) is 24.5 Å². The topological polar surface area (TPSA) is 114 Å². The highest BCUT2D eigenvalue weighted by atomic mass is 32.2. The van der Waals surface area contributed by atoms with Crippen LogP contribution in [0.4, 0.5) is 5.69 Å². The van der Waals surface area contributed by atoms with Crippen LogP contribution in [0.15, 0.2) is 57.9 Å². The van der Waals surface area contributed by atoms with Gasteiger partial charge in [-0.3, -0.25) is 4.79 Å². The molecule has 8 nitrogen and oxygen atoms in total. The van der Waals surface area contributed by atoms with Gasteiger partial charge >= 0.3 is 0 Å². The van der Waals surface area contributed by atoms with Crippen LogP contribution in [0.5, 0.6) is 0 Å². The predicted molar refractivity (Wildman–Crippen MR) is 104 cm³/mol. The van der Waals surface area contributed by atoms with Crippen molar-refractivity contribution in [2.24, 2.45) is 0 Å². The van der Waals surface area contributed by atoms with E-state index in [4.69, 9.17) is 4.52 Å². The molecule has 146 valence electrons. The molecule has 3 rings (SSSR count). The summed E-state index contributed by atoms with van der Waals surface area (Å²) >= 11 is 0. The number of aromatic nitrogens is 2. The Hall–Kier alpha value is -3.04. The minimum Gasteiger partial charge on any atom is -0.337 e. The smallest absolute Gasteiger partial charge is 0.244 e. The average molecular weight is 400 g/mol. The van der Waals surface area contributed by atoms with E-state index in [1.807, 2.05) is 31.2 Å². The van der Waals surface area contributed by atoms with Crippen molar-refractivity contribution in [1.82, 2.24) is 14.9 Å². The number of benzene rings is 2. The van der Waals surface area contributed by atoms with E-state index in [1.54, 1.807) is 6.92 Å². The summed E-state index contributed by atoms with van der Waals surface area (Å²) in [6.45, 7) is 4.98. The quantitative estimate of drug-likeness (QED) is 0.657. The largest absolute Gasteiger partial charge is 0.337 e. The number of carbonyl (C=O) groups excluding carboxylic acids is 1. The van der Waals surface area contributed by atoms with Crippen LogP contribution in [0.3, 0.4) is 0 Å². The number of carbonyl (C=O) groups is 1. The summed E-state index contributed by atoms with van der Waals surface area (Å²) in [5.41, 5.74) is 2.40. The first-order valence-electron chi connectivity index (χ1n) is 8.55. The van der Waals surface area contributed by atoms with Crippen LogP contribution >= 0.6 is 0 Å². The highest BCUT2D eigenvalue weighted by Gasteiger charge is 2.22. The molecule has 0 spiro atoms. The van der Waals surface area contributed by atoms with Crippen LogP contribution < -0.4 is 10.0 Å². The Morgan fingerprint density at radius 1 is 1.07 bits per heavy atom. The number of hydrogen-bond acceptors (Lipinski definition) is 6. The standard InChI is InChI=1S/C19H20N4O4S/c1-12-4-6-15(7-5-12)18-21-19(27-22-18)13(2)23-28(25,26)17-10-8-16(9-11-17)20-14(3)24/h4-11,13,23H,1-3H3,(H,20,24). The Labute approximate surface area is 163 Å². The van der Waals surface area contributed by atoms with Gasteiger partial charge < -0.3 is 9.84 Å². The molecule has 1 amide bonds. The lowest BCUT2D eigenvalue weighted by molar-refractivity contribution is -0.114. The molecule has 0 aliphatic heterocycles. The van der Waals surface area contributed by atoms with E-state index in [0.29, 0.717) is 11.5 Å². The van der Waals surface area contributed by atoms with Gasteiger partial charge in [0, 0.05) is 18.2 Å². The molecule has 1 unspecified atom stereocenters. The molecular formula is C19H20N4O4S. The summed E-state index contributed by atoms with van der Waals surface area (Å²) in [7, 11) is -3.80. The summed E-state index contributed by atoms with van der Waals surface area (Å²) in [6, 6.07) is 12.7. The van der Waals surface area contributed by atoms with E-state index in [9.17, 15) is 13.2 Å². The summed E-state index contributed by atoms with van der Waals surface area (Å²) in [4.78, 5) is 15.4. The number of rotatable bonds is 6. The van der Waals surface area contributed by atoms with Crippen molar-refractivity contribution in [3.63, 3.8) is 0 Å². The van der Waals surface area contributed by atoms with Gasteiger partial charge in [0.25, 0.3) is 0 Å². The second kappa shape index (κ2) is 7.91. The van der Waals surface area contributed by atoms with Crippen LogP contribution in [0.2, 0.25) is 0 Å². The van der Waals surface area contributed by atoms with Gasteiger partial charge in [-0.2, -0.15) is 9.71 Å². The second-order valence-corrected chi connectivity index (χ2v) is 8.08. The average Bonchev–Trinajstić information content (AvgIpc) is 3.12. The van der Waals surface area contributed by atoms with Crippen molar-refractivity contribution >= 4 is 21.6 Å². The molecule has 9 heteroatoms. The van der Waals surface area contributed by atoms with Crippen LogP contribution in [0.1, 0.15) is 31.3 Å². The molecule has 0 fully saturated rings. The number of nitrogens with zero attached hydrogens (tertiary/aromatic N) is 2. The van der Waals surface area contributed by atoms with Crippen LogP contribution in [0.25, 0.3) is 11.4 Å². The minimum absolute atomic E-state index is 0.0618. The van der Waals surface area contributed by atoms with Gasteiger partial charge in [-0.25, -0.2) is 8.42 Å². The highest BCUT2D eigenvalue weighted by molar-refractivity contribution is 7.89. The lowest BCUT2D eigenvalue weighted by Gasteiger charge is -2.11. The van der Waals surface area contributed by atoms with Crippen molar-refractivity contribution in [1.29, 1.82) is 0 Å². The third-order valence-electron chi connectivity index (χ3n) is 3.94. The monoisotopic (exact) mass is 400 g/mol. The maximum absolute atomic E-state index is 12.6. The molecule has 2 aromatic carbocycles. The fourth-order valence-corrected chi connectivity index (χ4v) is 3.70. The molecule has 1 aromatic heterocycles. The molecule has 0 bridgehead atoms. The van der Waals surface area contributed by atoms with Crippen LogP contribution in [-0.2, 0) is 14.8 Å². The number of nitrogens with one attached hydrogen (secondary N) is 2. The van der Waals surface area contributed by atoms with Gasteiger partial charge in [0.05, 0.1) is 10.9 Å². The molecule has 0 aliphatic rings. The summed E-state index contributed by atoms with van der Waals surface area (Å²) in [5, 5.41) is 6.50. The lowest BCUT2D eigenvalue weighted by atomic mass is 10.1. The number of hydrogen-bond donors (Lipinski definition) is 2. The molecule has 0 saturated heterocycles. The fourth-order valence-electron chi connectivity index (χ4n) is 2.50. The Morgan fingerprint density at radius 2 is 1.71 bits per heavy atom. The van der Waals surface area contributed by atoms with E-state index < -0.39 is 16.1 Å². The summed E-state index contributed by atoms with van der Waals surface area (Å²) in [5.74, 6) is 0.317. The zero-order valence-corrected chi connectivity index (χ0v) is 16.4. The molecule has 3 aromatic rings. The van der Waals surface area contributed by atoms with Gasteiger partial charge in [-0.15, -0.1) is 0 Å². The van der Waals surface area contributed by atoms with Crippen molar-refractivity contribution in [2.45, 2.75) is 31.7 Å². The number of amides is 1. The minimum atomic E-state index is -3.80. The number of aryl methyl sites for hydroxylation is 1. The van der Waals surface area contributed by atoms with E-state index >= 15 is 0 Å². The van der Waals surface area contributed by atoms with E-state index in [2.05, 4.69) is 20.2 Å². The van der Waals surface area contributed by atoms with Crippen molar-refractivity contribution in [2.75, 3.05) is 5.32 Å². The first-order valence-corrected chi connectivity index (χ1v) is 10.0. The van der Waals surface area contributed by atoms with Crippen molar-refractivity contribution in [3.05, 3.63) is 60.0 Å². The maximum Gasteiger partial charge on any atom is 0.244 e. The van der Waals surface area contributed by atoms with Crippen LogP contribution in [0, 0.1) is 6.92 Å². The normalized spacial score (nSPS) is 12.5. The second-order valence-electron chi connectivity index (χ2n) is 6.37. The molecule has 2 N–H and O–H groups in total. The summed E-state index contributed by atoms with van der Waals surface area (Å²) in [6.07, 6.45) is 0. The van der Waals surface area contributed by atoms with Crippen molar-refractivity contribution < 1.29 is 17.7 Å². The molecule has 0 radical (unpaired) electrons. The zero-order chi connectivity index (χ0) is 20.3. The van der Waals surface area contributed by atoms with Gasteiger partial charge in [-0.05, 0) is 38.1 Å². The third-order valence-corrected chi connectivity index (χ3v) is 5.50. The SMILES string of the molecule is CC(=O)Nc1ccc(S(=O)(=O)NC(C)c2nc(-c3ccc(C)cc3)no2)cc1. The Kier molecular flexibility index (Phi) is 5.57. The predicted octanol–water partition coefficient (Wildman–Crippen LogP) is 3.04. The molecule has 0 aliphatic carbocycles. The molecule has 1 heterocycles. The van der Waals surface area contributed by atoms with Gasteiger partial charge in [0.15, 0.2) is 0 Å². The van der Waals surface area contributed by atoms with E-state index in [-0.39, 0.29) is 16.7 Å². The summed E-state index contributed by atoms with van der Waals surface area (Å²) < 4.78 is 32.9. The fraction of sp³-hybridized carbons (Fsp3) is 0.211. The Morgan fingerprint density at radius 3 is 2.32 bits per heavy atom. The van der Waals surface area contributed by atoms with E-state index in [1.165, 1.54) is 31.2 Å². The zero-order valence-electron chi connectivity index (χ0n) is 15.6. The Bertz CT molecular complexity index is 1070. The van der Waals surface area contributed by atoms with Gasteiger partial charge in [0.1, 0.15) is 0 Å². The van der Waals surface area contributed by atoms with Crippen molar-refractivity contribution in [3.8, 4) is 11.4 Å². The first kappa shape index (κ1) is 19.7. The highest BCUT2D eigenvalue weighted by Crippen LogP contribution is 2.21. The molecular weight excluding hydrogens is 380 g/mol.